The smallest absolute Gasteiger partial charge is 0.416 e. The first-order chi connectivity index (χ1) is 21.7. The number of carboxylic acid groups (broad SMARTS) is 1. The van der Waals surface area contributed by atoms with Crippen LogP contribution in [0.3, 0.4) is 0 Å². The summed E-state index contributed by atoms with van der Waals surface area (Å²) in [7, 11) is 3.46. The van der Waals surface area contributed by atoms with E-state index in [-0.39, 0.29) is 35.6 Å². The van der Waals surface area contributed by atoms with Gasteiger partial charge in [-0.15, -0.1) is 0 Å². The number of aromatic nitrogens is 1. The fourth-order valence-electron chi connectivity index (χ4n) is 6.16. The number of nitrogens with one attached hydrogen (secondary N) is 1. The quantitative estimate of drug-likeness (QED) is 0.182. The summed E-state index contributed by atoms with van der Waals surface area (Å²) in [4.78, 5) is 27.0. The third kappa shape index (κ3) is 8.87. The van der Waals surface area contributed by atoms with E-state index in [4.69, 9.17) is 0 Å². The van der Waals surface area contributed by atoms with Crippen molar-refractivity contribution in [3.05, 3.63) is 90.9 Å². The lowest BCUT2D eigenvalue weighted by molar-refractivity contribution is -0.139. The Morgan fingerprint density at radius 1 is 0.957 bits per heavy atom. The molecule has 0 spiro atoms. The van der Waals surface area contributed by atoms with Crippen LogP contribution in [0.15, 0.2) is 29.2 Å². The number of nitrogens with zero attached hydrogens (tertiary/aromatic N) is 2. The highest BCUT2D eigenvalue weighted by molar-refractivity contribution is 5.76. The van der Waals surface area contributed by atoms with E-state index in [1.807, 2.05) is 47.6 Å². The normalized spacial score (nSPS) is 13.4. The first-order valence-corrected chi connectivity index (χ1v) is 15.7. The second-order valence-electron chi connectivity index (χ2n) is 13.3. The number of alkyl halides is 3. The molecule has 0 bridgehead atoms. The summed E-state index contributed by atoms with van der Waals surface area (Å²) in [6.07, 6.45) is -3.83. The third-order valence-electron chi connectivity index (χ3n) is 8.81. The van der Waals surface area contributed by atoms with Gasteiger partial charge in [0, 0.05) is 48.6 Å². The van der Waals surface area contributed by atoms with E-state index in [1.54, 1.807) is 19.0 Å². The van der Waals surface area contributed by atoms with E-state index in [9.17, 15) is 27.9 Å². The number of rotatable bonds is 13. The Hall–Kier alpha value is -3.57. The largest absolute Gasteiger partial charge is 0.481 e. The number of aryl methyl sites for hydroxylation is 3. The number of aliphatic carboxylic acids is 1. The van der Waals surface area contributed by atoms with E-state index < -0.39 is 59.0 Å². The van der Waals surface area contributed by atoms with Gasteiger partial charge in [0.15, 0.2) is 0 Å². The van der Waals surface area contributed by atoms with E-state index in [1.165, 1.54) is 23.8 Å². The summed E-state index contributed by atoms with van der Waals surface area (Å²) < 4.78 is 75.4. The minimum absolute atomic E-state index is 0.0197. The SMILES string of the molecule is Cc1cc(C)c(C)c(-c2cc(C)c(F)c(C(CC(=O)O)NCC(CC(C)C)n3cc(CCN(C)C)c(C(F)(F)F)cc3=O)c2F)c1C. The summed E-state index contributed by atoms with van der Waals surface area (Å²) in [5.41, 5.74) is 2.01. The van der Waals surface area contributed by atoms with Crippen LogP contribution in [0.25, 0.3) is 11.1 Å². The maximum atomic E-state index is 16.6. The second-order valence-corrected chi connectivity index (χ2v) is 13.3. The predicted octanol–water partition coefficient (Wildman–Crippen LogP) is 7.85. The monoisotopic (exact) mass is 663 g/mol. The number of carboxylic acids is 1. The van der Waals surface area contributed by atoms with Crippen molar-refractivity contribution in [3.63, 3.8) is 0 Å². The van der Waals surface area contributed by atoms with Crippen molar-refractivity contribution in [2.45, 2.75) is 86.0 Å². The molecule has 3 rings (SSSR count). The predicted molar refractivity (Wildman–Crippen MR) is 175 cm³/mol. The lowest BCUT2D eigenvalue weighted by Gasteiger charge is -2.28. The highest BCUT2D eigenvalue weighted by Gasteiger charge is 2.35. The molecule has 6 nitrogen and oxygen atoms in total. The Morgan fingerprint density at radius 2 is 1.55 bits per heavy atom. The molecule has 0 aliphatic heterocycles. The van der Waals surface area contributed by atoms with Gasteiger partial charge in [-0.3, -0.25) is 9.59 Å². The zero-order valence-corrected chi connectivity index (χ0v) is 28.6. The molecule has 0 radical (unpaired) electrons. The maximum absolute atomic E-state index is 16.6. The Balaban J connectivity index is 2.16. The van der Waals surface area contributed by atoms with Gasteiger partial charge in [0.2, 0.25) is 0 Å². The summed E-state index contributed by atoms with van der Waals surface area (Å²) in [6, 6.07) is 1.93. The number of carbonyl (C=O) groups is 1. The van der Waals surface area contributed by atoms with E-state index in [2.05, 4.69) is 5.32 Å². The Bertz CT molecular complexity index is 1650. The van der Waals surface area contributed by atoms with Crippen molar-refractivity contribution in [2.24, 2.45) is 5.92 Å². The molecule has 0 amide bonds. The van der Waals surface area contributed by atoms with Crippen LogP contribution < -0.4 is 10.9 Å². The van der Waals surface area contributed by atoms with Crippen LogP contribution in [-0.2, 0) is 17.4 Å². The average Bonchev–Trinajstić information content (AvgIpc) is 2.95. The molecule has 2 atom stereocenters. The van der Waals surface area contributed by atoms with Crippen molar-refractivity contribution in [1.82, 2.24) is 14.8 Å². The van der Waals surface area contributed by atoms with Crippen LogP contribution in [0.4, 0.5) is 22.0 Å². The standard InChI is InChI=1S/C36H46F5N3O3/c1-19(2)12-26(44-18-25(10-11-43(8)9)28(15-30(44)45)36(39,40)41)17-42-29(16-31(46)47)33-34(37)22(5)14-27(35(33)38)32-23(6)20(3)13-21(4)24(32)7/h13-15,18-19,26,29,42H,10-12,16-17H2,1-9H3,(H,46,47). The van der Waals surface area contributed by atoms with E-state index >= 15 is 8.78 Å². The fourth-order valence-corrected chi connectivity index (χ4v) is 6.16. The Kier molecular flexibility index (Phi) is 12.2. The van der Waals surface area contributed by atoms with Crippen LogP contribution >= 0.6 is 0 Å². The third-order valence-corrected chi connectivity index (χ3v) is 8.81. The second kappa shape index (κ2) is 15.1. The fraction of sp³-hybridized carbons (Fsp3) is 0.500. The topological polar surface area (TPSA) is 74.6 Å². The molecule has 0 saturated heterocycles. The first-order valence-electron chi connectivity index (χ1n) is 15.7. The van der Waals surface area contributed by atoms with Crippen molar-refractivity contribution >= 4 is 5.97 Å². The lowest BCUT2D eigenvalue weighted by atomic mass is 9.86. The number of halogens is 5. The van der Waals surface area contributed by atoms with E-state index in [0.29, 0.717) is 24.6 Å². The summed E-state index contributed by atoms with van der Waals surface area (Å²) >= 11 is 0. The van der Waals surface area contributed by atoms with Gasteiger partial charge in [-0.25, -0.2) is 8.78 Å². The average molecular weight is 664 g/mol. The van der Waals surface area contributed by atoms with Crippen molar-refractivity contribution < 1.29 is 31.9 Å². The highest BCUT2D eigenvalue weighted by atomic mass is 19.4. The van der Waals surface area contributed by atoms with Gasteiger partial charge in [0.25, 0.3) is 5.56 Å². The molecule has 0 fully saturated rings. The first kappa shape index (κ1) is 37.9. The van der Waals surface area contributed by atoms with E-state index in [0.717, 1.165) is 22.3 Å². The van der Waals surface area contributed by atoms with Gasteiger partial charge in [0.1, 0.15) is 11.6 Å². The van der Waals surface area contributed by atoms with Gasteiger partial charge in [-0.05, 0) is 112 Å². The number of hydrogen-bond donors (Lipinski definition) is 2. The summed E-state index contributed by atoms with van der Waals surface area (Å²) in [5.74, 6) is -3.10. The number of benzene rings is 2. The zero-order chi connectivity index (χ0) is 35.5. The van der Waals surface area contributed by atoms with Gasteiger partial charge in [-0.1, -0.05) is 19.9 Å². The molecule has 2 aromatic carbocycles. The minimum atomic E-state index is -4.73. The molecule has 1 aromatic heterocycles. The summed E-state index contributed by atoms with van der Waals surface area (Å²) in [5, 5.41) is 12.8. The molecule has 0 saturated carbocycles. The molecule has 0 aliphatic rings. The van der Waals surface area contributed by atoms with Crippen LogP contribution in [0.2, 0.25) is 0 Å². The number of likely N-dealkylation sites (N-methyl/N-ethyl adjacent to an activating group) is 1. The van der Waals surface area contributed by atoms with Gasteiger partial charge >= 0.3 is 12.1 Å². The molecule has 258 valence electrons. The lowest BCUT2D eigenvalue weighted by Crippen LogP contribution is -2.36. The molecule has 11 heteroatoms. The highest BCUT2D eigenvalue weighted by Crippen LogP contribution is 2.39. The van der Waals surface area contributed by atoms with Gasteiger partial charge in [0.05, 0.1) is 12.0 Å². The molecular weight excluding hydrogens is 617 g/mol. The number of pyridine rings is 1. The molecular formula is C36H46F5N3O3. The molecule has 47 heavy (non-hydrogen) atoms. The minimum Gasteiger partial charge on any atom is -0.481 e. The molecule has 2 N–H and O–H groups in total. The molecule has 3 aromatic rings. The van der Waals surface area contributed by atoms with Crippen molar-refractivity contribution in [3.8, 4) is 11.1 Å². The number of hydrogen-bond acceptors (Lipinski definition) is 4. The summed E-state index contributed by atoms with van der Waals surface area (Å²) in [6.45, 7) is 12.9. The van der Waals surface area contributed by atoms with Gasteiger partial charge in [-0.2, -0.15) is 13.2 Å². The zero-order valence-electron chi connectivity index (χ0n) is 28.6. The molecule has 2 unspecified atom stereocenters. The van der Waals surface area contributed by atoms with Crippen LogP contribution in [0, 0.1) is 52.2 Å². The van der Waals surface area contributed by atoms with Crippen molar-refractivity contribution in [1.29, 1.82) is 0 Å². The Morgan fingerprint density at radius 3 is 2.06 bits per heavy atom. The molecule has 0 aliphatic carbocycles. The van der Waals surface area contributed by atoms with Crippen molar-refractivity contribution in [2.75, 3.05) is 27.2 Å². The van der Waals surface area contributed by atoms with Gasteiger partial charge < -0.3 is 19.9 Å². The van der Waals surface area contributed by atoms with Crippen LogP contribution in [0.5, 0.6) is 0 Å². The van der Waals surface area contributed by atoms with Crippen LogP contribution in [-0.4, -0.2) is 47.7 Å². The Labute approximate surface area is 273 Å². The van der Waals surface area contributed by atoms with Crippen LogP contribution in [0.1, 0.15) is 83.3 Å². The maximum Gasteiger partial charge on any atom is 0.416 e. The molecule has 1 heterocycles.